The van der Waals surface area contributed by atoms with E-state index < -0.39 is 23.1 Å². The summed E-state index contributed by atoms with van der Waals surface area (Å²) in [6, 6.07) is 0. The van der Waals surface area contributed by atoms with Crippen molar-refractivity contribution in [3.8, 4) is 0 Å². The van der Waals surface area contributed by atoms with Crippen LogP contribution in [-0.4, -0.2) is 57.1 Å². The molecule has 0 aliphatic heterocycles. The Labute approximate surface area is 190 Å². The molecule has 172 valence electrons. The standard InChI is InChI=1S/2C7H9O3.2C3H8O.O.Ti/c2*1-3-6(9)7(10)4-5(2)8;2*1-3(2)4;;/h2*1,3-4H2,2H3;2*3-4H,1-2H3;;/q2*-1;;;;+2. The van der Waals surface area contributed by atoms with Crippen molar-refractivity contribution >= 4 is 34.7 Å². The van der Waals surface area contributed by atoms with E-state index in [1.54, 1.807) is 27.7 Å². The molecule has 2 N–H and O–H groups in total. The van der Waals surface area contributed by atoms with E-state index in [-0.39, 0.29) is 49.5 Å². The Morgan fingerprint density at radius 2 is 0.800 bits per heavy atom. The summed E-state index contributed by atoms with van der Waals surface area (Å²) in [5, 5.41) is 16.1. The van der Waals surface area contributed by atoms with Gasteiger partial charge in [0.05, 0.1) is 12.8 Å². The van der Waals surface area contributed by atoms with Gasteiger partial charge in [-0.2, -0.15) is 0 Å². The molecule has 0 bridgehead atoms. The number of aliphatic hydroxyl groups excluding tert-OH is 2. The minimum atomic E-state index is -0.637. The van der Waals surface area contributed by atoms with Crippen LogP contribution in [0, 0.1) is 13.8 Å². The van der Waals surface area contributed by atoms with Gasteiger partial charge < -0.3 is 24.1 Å². The molecule has 0 atom stereocenters. The first kappa shape index (κ1) is 39.0. The summed E-state index contributed by atoms with van der Waals surface area (Å²) in [6.45, 7) is 15.9. The number of hydrogen-bond acceptors (Lipinski definition) is 9. The third-order valence-corrected chi connectivity index (χ3v) is 1.90. The third-order valence-electron chi connectivity index (χ3n) is 1.90. The molecule has 0 aromatic heterocycles. The first-order valence-electron chi connectivity index (χ1n) is 8.88. The number of carbonyl (C=O) groups is 6. The summed E-state index contributed by atoms with van der Waals surface area (Å²) in [5.41, 5.74) is 0. The molecule has 0 amide bonds. The zero-order valence-electron chi connectivity index (χ0n) is 18.6. The maximum atomic E-state index is 10.6. The van der Waals surface area contributed by atoms with Crippen molar-refractivity contribution in [2.24, 2.45) is 0 Å². The molecule has 0 fully saturated rings. The van der Waals surface area contributed by atoms with Crippen LogP contribution in [-0.2, 0) is 52.5 Å². The van der Waals surface area contributed by atoms with Gasteiger partial charge in [-0.3, -0.25) is 28.8 Å². The van der Waals surface area contributed by atoms with Crippen LogP contribution in [0.3, 0.4) is 0 Å². The molecule has 0 radical (unpaired) electrons. The van der Waals surface area contributed by atoms with Gasteiger partial charge in [0.15, 0.2) is 11.6 Å². The average molecular weight is 466 g/mol. The molecule has 0 rings (SSSR count). The molecule has 10 heteroatoms. The van der Waals surface area contributed by atoms with Crippen molar-refractivity contribution in [1.82, 2.24) is 0 Å². The van der Waals surface area contributed by atoms with E-state index >= 15 is 0 Å². The third kappa shape index (κ3) is 50.3. The quantitative estimate of drug-likeness (QED) is 0.233. The van der Waals surface area contributed by atoms with Crippen molar-refractivity contribution in [3.63, 3.8) is 0 Å². The zero-order chi connectivity index (χ0) is 25.4. The molecule has 0 spiro atoms. The normalized spacial score (nSPS) is 8.60. The Balaban J connectivity index is -0.0000000972. The number of hydrogen-bond donors (Lipinski definition) is 2. The number of ketones is 6. The molecule has 0 aliphatic carbocycles. The van der Waals surface area contributed by atoms with Crippen LogP contribution in [0.4, 0.5) is 0 Å². The van der Waals surface area contributed by atoms with E-state index in [1.807, 2.05) is 0 Å². The van der Waals surface area contributed by atoms with E-state index in [2.05, 4.69) is 13.8 Å². The van der Waals surface area contributed by atoms with Crippen LogP contribution in [0.25, 0.3) is 0 Å². The summed E-state index contributed by atoms with van der Waals surface area (Å²) >= 11 is 0.750. The van der Waals surface area contributed by atoms with Crippen LogP contribution in [0.1, 0.15) is 67.2 Å². The fraction of sp³-hybridized carbons (Fsp3) is 0.600. The average Bonchev–Trinajstić information content (AvgIpc) is 2.60. The summed E-state index contributed by atoms with van der Waals surface area (Å²) in [7, 11) is 0. The first-order valence-corrected chi connectivity index (χ1v) is 9.51. The van der Waals surface area contributed by atoms with Gasteiger partial charge in [0.1, 0.15) is 11.6 Å². The topological polar surface area (TPSA) is 160 Å². The molecule has 0 aromatic rings. The number of rotatable bonds is 8. The first-order chi connectivity index (χ1) is 13.6. The second-order valence-corrected chi connectivity index (χ2v) is 6.14. The van der Waals surface area contributed by atoms with Gasteiger partial charge in [-0.25, -0.2) is 0 Å². The van der Waals surface area contributed by atoms with Crippen molar-refractivity contribution in [1.29, 1.82) is 0 Å². The van der Waals surface area contributed by atoms with Gasteiger partial charge in [-0.15, -0.1) is 12.8 Å². The fourth-order valence-electron chi connectivity index (χ4n) is 0.928. The molecule has 9 nitrogen and oxygen atoms in total. The Morgan fingerprint density at radius 3 is 0.900 bits per heavy atom. The van der Waals surface area contributed by atoms with E-state index in [1.165, 1.54) is 13.8 Å². The van der Waals surface area contributed by atoms with Crippen molar-refractivity contribution < 1.29 is 62.7 Å². The molecule has 0 saturated carbocycles. The van der Waals surface area contributed by atoms with Gasteiger partial charge in [0.25, 0.3) is 0 Å². The van der Waals surface area contributed by atoms with E-state index in [4.69, 9.17) is 13.5 Å². The Hall–Kier alpha value is -1.55. The summed E-state index contributed by atoms with van der Waals surface area (Å²) in [5.74, 6) is -2.99. The van der Waals surface area contributed by atoms with Crippen molar-refractivity contribution in [2.75, 3.05) is 0 Å². The van der Waals surface area contributed by atoms with Crippen LogP contribution >= 0.6 is 0 Å². The second-order valence-electron chi connectivity index (χ2n) is 6.14. The van der Waals surface area contributed by atoms with Gasteiger partial charge in [0.2, 0.25) is 11.6 Å². The van der Waals surface area contributed by atoms with Crippen molar-refractivity contribution in [3.05, 3.63) is 13.8 Å². The fourth-order valence-corrected chi connectivity index (χ4v) is 0.928. The molecule has 30 heavy (non-hydrogen) atoms. The molecule has 0 aliphatic rings. The molecular formula is C20H34O9Ti. The molecular weight excluding hydrogens is 432 g/mol. The predicted octanol–water partition coefficient (Wildman–Crippen LogP) is 1.31. The molecule has 0 aromatic carbocycles. The SMILES string of the molecule is CC(C)O.CC(C)O.[CH2-]CC(=O)C(=O)CC(C)=O.[CH2-]CC(=O)C(=O)CC(C)=O.[O]=[Ti+2]. The van der Waals surface area contributed by atoms with Crippen LogP contribution in [0.5, 0.6) is 0 Å². The maximum absolute atomic E-state index is 10.6. The van der Waals surface area contributed by atoms with Gasteiger partial charge in [-0.05, 0) is 41.5 Å². The van der Waals surface area contributed by atoms with Crippen LogP contribution in [0.2, 0.25) is 0 Å². The number of aliphatic hydroxyl groups is 2. The van der Waals surface area contributed by atoms with Gasteiger partial charge in [0, 0.05) is 12.2 Å². The Morgan fingerprint density at radius 1 is 0.633 bits per heavy atom. The Kier molecular flexibility index (Phi) is 35.7. The Bertz CT molecular complexity index is 475. The van der Waals surface area contributed by atoms with Crippen molar-refractivity contribution in [2.45, 2.75) is 79.4 Å². The van der Waals surface area contributed by atoms with E-state index in [0.29, 0.717) is 0 Å². The van der Waals surface area contributed by atoms with Gasteiger partial charge >= 0.3 is 23.7 Å². The molecule has 0 saturated heterocycles. The molecule has 0 unspecified atom stereocenters. The van der Waals surface area contributed by atoms with Crippen LogP contribution < -0.4 is 0 Å². The monoisotopic (exact) mass is 466 g/mol. The summed E-state index contributed by atoms with van der Waals surface area (Å²) in [6.07, 6.45) is -1.03. The molecule has 0 heterocycles. The zero-order valence-corrected chi connectivity index (χ0v) is 20.2. The number of carbonyl (C=O) groups excluding carboxylic acids is 6. The predicted molar refractivity (Wildman–Crippen MR) is 106 cm³/mol. The second kappa shape index (κ2) is 27.5. The summed E-state index contributed by atoms with van der Waals surface area (Å²) in [4.78, 5) is 62.7. The minimum absolute atomic E-state index is 0.0634. The van der Waals surface area contributed by atoms with E-state index in [0.717, 1.165) is 20.4 Å². The van der Waals surface area contributed by atoms with Gasteiger partial charge in [-0.1, -0.05) is 0 Å². The van der Waals surface area contributed by atoms with E-state index in [9.17, 15) is 28.8 Å². The number of Topliss-reactive ketones (excluding diaryl/α,β-unsaturated/α-hetero) is 6. The van der Waals surface area contributed by atoms with Crippen LogP contribution in [0.15, 0.2) is 0 Å². The summed E-state index contributed by atoms with van der Waals surface area (Å²) < 4.78 is 8.25.